The maximum Gasteiger partial charge on any atom is 0.122 e. The third kappa shape index (κ3) is 2.79. The van der Waals surface area contributed by atoms with Gasteiger partial charge < -0.3 is 14.6 Å². The van der Waals surface area contributed by atoms with Crippen LogP contribution in [-0.2, 0) is 4.74 Å². The SMILES string of the molecule is CC(CO)c1ccccc1OCC1(C)COC1. The number of aliphatic hydroxyl groups excluding tert-OH is 1. The highest BCUT2D eigenvalue weighted by Crippen LogP contribution is 2.31. The monoisotopic (exact) mass is 236 g/mol. The van der Waals surface area contributed by atoms with Crippen molar-refractivity contribution in [3.05, 3.63) is 29.8 Å². The molecule has 1 atom stereocenters. The van der Waals surface area contributed by atoms with E-state index in [0.29, 0.717) is 6.61 Å². The molecule has 0 radical (unpaired) electrons. The second-order valence-electron chi connectivity index (χ2n) is 5.21. The van der Waals surface area contributed by atoms with E-state index in [-0.39, 0.29) is 17.9 Å². The summed E-state index contributed by atoms with van der Waals surface area (Å²) in [5.74, 6) is 0.985. The molecule has 3 nitrogen and oxygen atoms in total. The van der Waals surface area contributed by atoms with Crippen LogP contribution >= 0.6 is 0 Å². The average molecular weight is 236 g/mol. The quantitative estimate of drug-likeness (QED) is 0.851. The minimum Gasteiger partial charge on any atom is -0.493 e. The third-order valence-corrected chi connectivity index (χ3v) is 3.20. The summed E-state index contributed by atoms with van der Waals surface area (Å²) in [4.78, 5) is 0. The zero-order valence-electron chi connectivity index (χ0n) is 10.5. The summed E-state index contributed by atoms with van der Waals surface area (Å²) in [5.41, 5.74) is 1.22. The van der Waals surface area contributed by atoms with Crippen LogP contribution < -0.4 is 4.74 Å². The Labute approximate surface area is 102 Å². The van der Waals surface area contributed by atoms with Gasteiger partial charge in [-0.05, 0) is 11.6 Å². The van der Waals surface area contributed by atoms with E-state index in [9.17, 15) is 5.11 Å². The second-order valence-corrected chi connectivity index (χ2v) is 5.21. The molecule has 2 rings (SSSR count). The molecule has 1 N–H and O–H groups in total. The Morgan fingerprint density at radius 1 is 1.41 bits per heavy atom. The van der Waals surface area contributed by atoms with Crippen molar-refractivity contribution in [2.24, 2.45) is 5.41 Å². The Hall–Kier alpha value is -1.06. The van der Waals surface area contributed by atoms with Gasteiger partial charge in [0.15, 0.2) is 0 Å². The molecule has 1 saturated heterocycles. The Balaban J connectivity index is 2.04. The molecule has 0 aliphatic carbocycles. The summed E-state index contributed by atoms with van der Waals surface area (Å²) in [6.45, 7) is 6.50. The van der Waals surface area contributed by atoms with Crippen LogP contribution in [0.5, 0.6) is 5.75 Å². The molecule has 1 aromatic carbocycles. The van der Waals surface area contributed by atoms with Gasteiger partial charge in [-0.2, -0.15) is 0 Å². The summed E-state index contributed by atoms with van der Waals surface area (Å²) in [7, 11) is 0. The molecule has 1 unspecified atom stereocenters. The Kier molecular flexibility index (Phi) is 3.69. The highest BCUT2D eigenvalue weighted by molar-refractivity contribution is 5.36. The number of aliphatic hydroxyl groups is 1. The zero-order chi connectivity index (χ0) is 12.3. The molecule has 1 aliphatic heterocycles. The van der Waals surface area contributed by atoms with E-state index < -0.39 is 0 Å². The van der Waals surface area contributed by atoms with Crippen LogP contribution in [-0.4, -0.2) is 31.5 Å². The van der Waals surface area contributed by atoms with Gasteiger partial charge in [-0.25, -0.2) is 0 Å². The normalized spacial score (nSPS) is 19.5. The Bertz CT molecular complexity index is 371. The first-order valence-electron chi connectivity index (χ1n) is 6.05. The van der Waals surface area contributed by atoms with Crippen molar-refractivity contribution < 1.29 is 14.6 Å². The molecular weight excluding hydrogens is 216 g/mol. The fraction of sp³-hybridized carbons (Fsp3) is 0.571. The lowest BCUT2D eigenvalue weighted by Crippen LogP contribution is -2.44. The highest BCUT2D eigenvalue weighted by Gasteiger charge is 2.34. The molecule has 94 valence electrons. The first-order valence-corrected chi connectivity index (χ1v) is 6.05. The molecule has 3 heteroatoms. The smallest absolute Gasteiger partial charge is 0.122 e. The van der Waals surface area contributed by atoms with Crippen molar-refractivity contribution in [3.8, 4) is 5.75 Å². The first-order chi connectivity index (χ1) is 8.14. The van der Waals surface area contributed by atoms with E-state index in [1.807, 2.05) is 31.2 Å². The molecule has 0 bridgehead atoms. The van der Waals surface area contributed by atoms with Crippen LogP contribution in [0.15, 0.2) is 24.3 Å². The van der Waals surface area contributed by atoms with Crippen molar-refractivity contribution >= 4 is 0 Å². The van der Waals surface area contributed by atoms with E-state index in [0.717, 1.165) is 24.5 Å². The van der Waals surface area contributed by atoms with E-state index in [1.165, 1.54) is 0 Å². The summed E-state index contributed by atoms with van der Waals surface area (Å²) in [5, 5.41) is 9.22. The van der Waals surface area contributed by atoms with E-state index in [1.54, 1.807) is 0 Å². The molecule has 17 heavy (non-hydrogen) atoms. The molecule has 0 amide bonds. The predicted octanol–water partition coefficient (Wildman–Crippen LogP) is 2.20. The van der Waals surface area contributed by atoms with Gasteiger partial charge in [-0.1, -0.05) is 32.0 Å². The van der Waals surface area contributed by atoms with Crippen LogP contribution in [0.2, 0.25) is 0 Å². The van der Waals surface area contributed by atoms with Gasteiger partial charge in [0.1, 0.15) is 5.75 Å². The van der Waals surface area contributed by atoms with Gasteiger partial charge in [0.25, 0.3) is 0 Å². The molecule has 1 fully saturated rings. The highest BCUT2D eigenvalue weighted by atomic mass is 16.5. The second kappa shape index (κ2) is 5.07. The fourth-order valence-corrected chi connectivity index (χ4v) is 1.90. The van der Waals surface area contributed by atoms with Crippen molar-refractivity contribution in [2.45, 2.75) is 19.8 Å². The van der Waals surface area contributed by atoms with Crippen LogP contribution in [0, 0.1) is 5.41 Å². The van der Waals surface area contributed by atoms with Crippen LogP contribution in [0.25, 0.3) is 0 Å². The Morgan fingerprint density at radius 3 is 2.71 bits per heavy atom. The number of ether oxygens (including phenoxy) is 2. The van der Waals surface area contributed by atoms with Gasteiger partial charge in [-0.15, -0.1) is 0 Å². The van der Waals surface area contributed by atoms with Gasteiger partial charge in [0.05, 0.1) is 19.8 Å². The minimum absolute atomic E-state index is 0.108. The van der Waals surface area contributed by atoms with Crippen LogP contribution in [0.3, 0.4) is 0 Å². The predicted molar refractivity (Wildman–Crippen MR) is 66.4 cm³/mol. The summed E-state index contributed by atoms with van der Waals surface area (Å²) in [6.07, 6.45) is 0. The molecule has 1 aromatic rings. The maximum absolute atomic E-state index is 9.22. The molecule has 0 saturated carbocycles. The lowest BCUT2D eigenvalue weighted by molar-refractivity contribution is -0.120. The minimum atomic E-state index is 0.108. The standard InChI is InChI=1S/C14H20O3/c1-11(7-15)12-5-3-4-6-13(12)17-10-14(2)8-16-9-14/h3-6,11,15H,7-10H2,1-2H3. The number of para-hydroxylation sites is 1. The number of rotatable bonds is 5. The number of benzene rings is 1. The number of hydrogen-bond donors (Lipinski definition) is 1. The van der Waals surface area contributed by atoms with Crippen molar-refractivity contribution in [3.63, 3.8) is 0 Å². The fourth-order valence-electron chi connectivity index (χ4n) is 1.90. The van der Waals surface area contributed by atoms with Crippen molar-refractivity contribution in [2.75, 3.05) is 26.4 Å². The molecular formula is C14H20O3. The van der Waals surface area contributed by atoms with Gasteiger partial charge in [0, 0.05) is 17.9 Å². The van der Waals surface area contributed by atoms with Crippen LogP contribution in [0.1, 0.15) is 25.3 Å². The van der Waals surface area contributed by atoms with Gasteiger partial charge in [-0.3, -0.25) is 0 Å². The largest absolute Gasteiger partial charge is 0.493 e. The average Bonchev–Trinajstić information content (AvgIpc) is 2.33. The van der Waals surface area contributed by atoms with Crippen molar-refractivity contribution in [1.29, 1.82) is 0 Å². The molecule has 1 heterocycles. The lowest BCUT2D eigenvalue weighted by atomic mass is 9.90. The molecule has 0 aromatic heterocycles. The lowest BCUT2D eigenvalue weighted by Gasteiger charge is -2.37. The van der Waals surface area contributed by atoms with E-state index >= 15 is 0 Å². The Morgan fingerprint density at radius 2 is 2.12 bits per heavy atom. The topological polar surface area (TPSA) is 38.7 Å². The number of hydrogen-bond acceptors (Lipinski definition) is 3. The van der Waals surface area contributed by atoms with Gasteiger partial charge in [0.2, 0.25) is 0 Å². The molecule has 0 spiro atoms. The summed E-state index contributed by atoms with van der Waals surface area (Å²) < 4.78 is 11.1. The van der Waals surface area contributed by atoms with Crippen LogP contribution in [0.4, 0.5) is 0 Å². The van der Waals surface area contributed by atoms with Gasteiger partial charge >= 0.3 is 0 Å². The van der Waals surface area contributed by atoms with E-state index in [2.05, 4.69) is 6.92 Å². The molecule has 1 aliphatic rings. The summed E-state index contributed by atoms with van der Waals surface area (Å²) >= 11 is 0. The van der Waals surface area contributed by atoms with E-state index in [4.69, 9.17) is 9.47 Å². The summed E-state index contributed by atoms with van der Waals surface area (Å²) in [6, 6.07) is 7.91. The van der Waals surface area contributed by atoms with Crippen molar-refractivity contribution in [1.82, 2.24) is 0 Å². The zero-order valence-corrected chi connectivity index (χ0v) is 10.5. The first kappa shape index (κ1) is 12.4. The maximum atomic E-state index is 9.22. The third-order valence-electron chi connectivity index (χ3n) is 3.20.